The first-order valence-electron chi connectivity index (χ1n) is 7.58. The molecule has 0 atom stereocenters. The Hall–Kier alpha value is 0.280. The van der Waals surface area contributed by atoms with Gasteiger partial charge >= 0.3 is 71.1 Å². The summed E-state index contributed by atoms with van der Waals surface area (Å²) in [5, 5.41) is 17.7. The van der Waals surface area contributed by atoms with Crippen LogP contribution in [0.15, 0.2) is 11.4 Å². The van der Waals surface area contributed by atoms with Crippen molar-refractivity contribution in [3.63, 3.8) is 0 Å². The van der Waals surface area contributed by atoms with Crippen molar-refractivity contribution in [2.45, 2.75) is 64.7 Å². The molecule has 0 aromatic heterocycles. The van der Waals surface area contributed by atoms with Crippen molar-refractivity contribution in [1.29, 1.82) is 0 Å². The van der Waals surface area contributed by atoms with Gasteiger partial charge in [-0.15, -0.1) is 0 Å². The number of unbranched alkanes of at least 4 members (excludes halogenated alkanes) is 5. The van der Waals surface area contributed by atoms with Gasteiger partial charge in [-0.1, -0.05) is 39.0 Å². The predicted octanol–water partition coefficient (Wildman–Crippen LogP) is -3.34. The summed E-state index contributed by atoms with van der Waals surface area (Å²) in [5.41, 5.74) is 12.0. The Morgan fingerprint density at radius 1 is 0.913 bits per heavy atom. The van der Waals surface area contributed by atoms with Gasteiger partial charge in [-0.2, -0.15) is 0 Å². The molecule has 0 aromatic carbocycles. The van der Waals surface area contributed by atoms with Gasteiger partial charge < -0.3 is 24.5 Å². The summed E-state index contributed by atoms with van der Waals surface area (Å²) in [5.74, 6) is -3.85. The summed E-state index contributed by atoms with van der Waals surface area (Å²) in [6.45, 7) is 2.16. The molecule has 0 heterocycles. The van der Waals surface area contributed by atoms with E-state index in [1.54, 1.807) is 0 Å². The third-order valence-corrected chi connectivity index (χ3v) is 3.57. The van der Waals surface area contributed by atoms with Gasteiger partial charge in [-0.3, -0.25) is 9.59 Å². The largest absolute Gasteiger partial charge is 1.00 e. The zero-order chi connectivity index (χ0) is 16.3. The van der Waals surface area contributed by atoms with E-state index in [1.807, 2.05) is 0 Å². The van der Waals surface area contributed by atoms with E-state index in [9.17, 15) is 9.59 Å². The molecule has 0 rings (SSSR count). The van der Waals surface area contributed by atoms with Gasteiger partial charge in [0.2, 0.25) is 0 Å². The zero-order valence-electron chi connectivity index (χ0n) is 16.8. The van der Waals surface area contributed by atoms with Crippen molar-refractivity contribution < 1.29 is 81.8 Å². The third-order valence-electron chi connectivity index (χ3n) is 3.57. The van der Waals surface area contributed by atoms with Gasteiger partial charge in [-0.05, 0) is 31.3 Å². The maximum atomic E-state index is 10.8. The average molecular weight is 348 g/mol. The van der Waals surface area contributed by atoms with Crippen LogP contribution in [0.3, 0.4) is 0 Å². The summed E-state index contributed by atoms with van der Waals surface area (Å²) < 4.78 is 0. The zero-order valence-corrected chi connectivity index (χ0v) is 18.8. The number of hydrogen-bond donors (Lipinski definition) is 4. The second kappa shape index (κ2) is 17.1. The van der Waals surface area contributed by atoms with E-state index < -0.39 is 17.9 Å². The maximum Gasteiger partial charge on any atom is 1.00 e. The molecule has 6 N–H and O–H groups in total. The molecule has 0 saturated carbocycles. The van der Waals surface area contributed by atoms with E-state index in [0.29, 0.717) is 12.8 Å². The van der Waals surface area contributed by atoms with Crippen molar-refractivity contribution in [1.82, 2.24) is 0 Å². The average Bonchev–Trinajstić information content (AvgIpc) is 2.39. The quantitative estimate of drug-likeness (QED) is 0.166. The molecule has 0 aromatic rings. The number of carboxylic acids is 2. The number of nitrogens with two attached hydrogens (primary N) is 2. The van der Waals surface area contributed by atoms with Crippen molar-refractivity contribution in [2.75, 3.05) is 0 Å². The maximum absolute atomic E-state index is 10.8. The Bertz CT molecular complexity index is 369. The number of aliphatic carboxylic acids is 2. The number of rotatable bonds is 12. The van der Waals surface area contributed by atoms with E-state index >= 15 is 0 Å². The van der Waals surface area contributed by atoms with Crippen LogP contribution < -0.4 is 70.6 Å². The smallest absolute Gasteiger partial charge is 1.00 e. The summed E-state index contributed by atoms with van der Waals surface area (Å²) in [7, 11) is 0. The van der Waals surface area contributed by atoms with Gasteiger partial charge in [0.1, 0.15) is 0 Å². The molecule has 0 bridgehead atoms. The van der Waals surface area contributed by atoms with Crippen molar-refractivity contribution in [3.8, 4) is 0 Å². The predicted molar refractivity (Wildman–Crippen MR) is 83.6 cm³/mol. The fourth-order valence-corrected chi connectivity index (χ4v) is 2.20. The van der Waals surface area contributed by atoms with Gasteiger partial charge in [-0.25, -0.2) is 0 Å². The molecule has 0 fully saturated rings. The molecule has 0 aliphatic heterocycles. The van der Waals surface area contributed by atoms with Crippen LogP contribution in [0.4, 0.5) is 0 Å². The molecule has 0 aliphatic carbocycles. The van der Waals surface area contributed by atoms with Crippen LogP contribution in [-0.4, -0.2) is 22.2 Å². The van der Waals surface area contributed by atoms with Crippen molar-refractivity contribution >= 4 is 11.9 Å². The summed E-state index contributed by atoms with van der Waals surface area (Å²) >= 11 is 0. The molecule has 126 valence electrons. The molecule has 0 saturated heterocycles. The third kappa shape index (κ3) is 14.3. The van der Waals surface area contributed by atoms with Crippen LogP contribution in [-0.2, 0) is 9.59 Å². The minimum atomic E-state index is -1.40. The molecule has 0 radical (unpaired) electrons. The molecular weight excluding hydrogens is 318 g/mol. The Labute approximate surface area is 186 Å². The normalized spacial score (nSPS) is 9.65. The number of carbonyl (C=O) groups is 2. The van der Waals surface area contributed by atoms with Crippen molar-refractivity contribution in [3.05, 3.63) is 11.4 Å². The molecule has 8 heteroatoms. The van der Waals surface area contributed by atoms with Crippen LogP contribution in [0, 0.1) is 5.92 Å². The SMILES string of the molecule is CCCCCCCCC(CCC(C(=O)O)C(=O)O)=C(N)N.[H-].[H-].[Na+].[Na+]. The van der Waals surface area contributed by atoms with Crippen LogP contribution in [0.25, 0.3) is 0 Å². The summed E-state index contributed by atoms with van der Waals surface area (Å²) in [6, 6.07) is 0. The Morgan fingerprint density at radius 2 is 1.39 bits per heavy atom. The second-order valence-corrected chi connectivity index (χ2v) is 5.34. The monoisotopic (exact) mass is 348 g/mol. The Kier molecular flexibility index (Phi) is 20.9. The number of allylic oxidation sites excluding steroid dienone is 1. The first-order chi connectivity index (χ1) is 9.90. The summed E-state index contributed by atoms with van der Waals surface area (Å²) in [6.07, 6.45) is 7.90. The molecule has 23 heavy (non-hydrogen) atoms. The molecule has 0 amide bonds. The fraction of sp³-hybridized carbons (Fsp3) is 0.733. The van der Waals surface area contributed by atoms with Crippen LogP contribution in [0.2, 0.25) is 0 Å². The Balaban J connectivity index is -0.000000333. The molecule has 0 unspecified atom stereocenters. The van der Waals surface area contributed by atoms with Crippen LogP contribution in [0.1, 0.15) is 67.6 Å². The van der Waals surface area contributed by atoms with E-state index in [2.05, 4.69) is 6.92 Å². The second-order valence-electron chi connectivity index (χ2n) is 5.34. The first kappa shape index (κ1) is 28.1. The number of hydrogen-bond acceptors (Lipinski definition) is 4. The molecule has 0 spiro atoms. The summed E-state index contributed by atoms with van der Waals surface area (Å²) in [4.78, 5) is 21.6. The standard InChI is InChI=1S/C15H28N2O4.2Na.2H/c1-2-3-4-5-6-7-8-11(13(16)17)9-10-12(14(18)19)15(20)21;;;;/h12H,2-10,16-17H2,1H3,(H,18,19)(H,20,21);;;;/q;2*+1;2*-1. The fourth-order valence-electron chi connectivity index (χ4n) is 2.20. The van der Waals surface area contributed by atoms with Gasteiger partial charge in [0.25, 0.3) is 0 Å². The van der Waals surface area contributed by atoms with Crippen molar-refractivity contribution in [2.24, 2.45) is 17.4 Å². The minimum absolute atomic E-state index is 0. The van der Waals surface area contributed by atoms with E-state index in [0.717, 1.165) is 18.4 Å². The van der Waals surface area contributed by atoms with Gasteiger partial charge in [0.15, 0.2) is 5.92 Å². The van der Waals surface area contributed by atoms with Crippen LogP contribution in [0.5, 0.6) is 0 Å². The first-order valence-corrected chi connectivity index (χ1v) is 7.58. The topological polar surface area (TPSA) is 127 Å². The van der Waals surface area contributed by atoms with Gasteiger partial charge in [0, 0.05) is 0 Å². The van der Waals surface area contributed by atoms with E-state index in [-0.39, 0.29) is 74.2 Å². The van der Waals surface area contributed by atoms with E-state index in [4.69, 9.17) is 21.7 Å². The van der Waals surface area contributed by atoms with Crippen LogP contribution >= 0.6 is 0 Å². The molecule has 6 nitrogen and oxygen atoms in total. The van der Waals surface area contributed by atoms with E-state index in [1.165, 1.54) is 25.7 Å². The Morgan fingerprint density at radius 3 is 1.83 bits per heavy atom. The molecular formula is C15H30N2Na2O4. The van der Waals surface area contributed by atoms with Gasteiger partial charge in [0.05, 0.1) is 5.82 Å². The minimum Gasteiger partial charge on any atom is -1.00 e. The molecule has 0 aliphatic rings. The number of carboxylic acid groups (broad SMARTS) is 2.